The lowest BCUT2D eigenvalue weighted by molar-refractivity contribution is -0.141. The topological polar surface area (TPSA) is 95.0 Å². The molecule has 0 amide bonds. The van der Waals surface area contributed by atoms with E-state index >= 15 is 0 Å². The number of hydrogen-bond acceptors (Lipinski definition) is 5. The van der Waals surface area contributed by atoms with E-state index in [4.69, 9.17) is 16.6 Å². The number of piperidine rings is 1. The first-order chi connectivity index (χ1) is 15.5. The van der Waals surface area contributed by atoms with E-state index < -0.39 is 11.8 Å². The van der Waals surface area contributed by atoms with Crippen molar-refractivity contribution >= 4 is 34.3 Å². The molecule has 1 fully saturated rings. The molecule has 1 aliphatic heterocycles. The van der Waals surface area contributed by atoms with Crippen molar-refractivity contribution in [2.24, 2.45) is 5.92 Å². The number of carboxylic acids is 1. The van der Waals surface area contributed by atoms with Gasteiger partial charge in [-0.05, 0) is 49.2 Å². The maximum absolute atomic E-state index is 14.4. The van der Waals surface area contributed by atoms with Crippen LogP contribution >= 0.6 is 11.6 Å². The molecule has 1 aliphatic rings. The van der Waals surface area contributed by atoms with Crippen molar-refractivity contribution in [3.8, 4) is 22.6 Å². The number of H-pyrrole nitrogens is 1. The number of halogens is 2. The number of pyridine rings is 2. The Labute approximate surface area is 187 Å². The average molecular weight is 452 g/mol. The third-order valence-electron chi connectivity index (χ3n) is 5.74. The smallest absolute Gasteiger partial charge is 0.308 e. The van der Waals surface area contributed by atoms with Crippen molar-refractivity contribution in [3.05, 3.63) is 59.8 Å². The Morgan fingerprint density at radius 3 is 2.91 bits per heavy atom. The van der Waals surface area contributed by atoms with E-state index in [-0.39, 0.29) is 11.5 Å². The summed E-state index contributed by atoms with van der Waals surface area (Å²) in [5, 5.41) is 9.79. The number of nitrogens with one attached hydrogen (secondary N) is 1. The van der Waals surface area contributed by atoms with Gasteiger partial charge in [0.2, 0.25) is 0 Å². The van der Waals surface area contributed by atoms with Crippen molar-refractivity contribution in [2.75, 3.05) is 18.0 Å². The van der Waals surface area contributed by atoms with Crippen LogP contribution in [0.15, 0.2) is 48.9 Å². The standard InChI is InChI=1S/C23H19ClFN5O2/c24-14-3-4-17(25)16(8-14)21-22(28-12-27-21)19-6-5-18-20(29-19)9-15(10-26-18)30-7-1-2-13(11-30)23(31)32/h3-6,8-10,12-13H,1-2,7,11H2,(H,27,28)(H,31,32)/t13-/m0/s1. The Balaban J connectivity index is 1.53. The van der Waals surface area contributed by atoms with Crippen molar-refractivity contribution in [3.63, 3.8) is 0 Å². The van der Waals surface area contributed by atoms with Gasteiger partial charge >= 0.3 is 5.97 Å². The summed E-state index contributed by atoms with van der Waals surface area (Å²) in [5.41, 5.74) is 4.06. The van der Waals surface area contributed by atoms with E-state index in [9.17, 15) is 14.3 Å². The van der Waals surface area contributed by atoms with Gasteiger partial charge < -0.3 is 15.0 Å². The van der Waals surface area contributed by atoms with Crippen LogP contribution in [-0.2, 0) is 4.79 Å². The second-order valence-corrected chi connectivity index (χ2v) is 8.24. The van der Waals surface area contributed by atoms with Crippen LogP contribution in [0.2, 0.25) is 5.02 Å². The SMILES string of the molecule is O=C(O)[C@H]1CCCN(c2cnc3ccc(-c4[nH]cnc4-c4cc(Cl)ccc4F)nc3c2)C1. The number of nitrogens with zero attached hydrogens (tertiary/aromatic N) is 4. The number of carboxylic acid groups (broad SMARTS) is 1. The fourth-order valence-corrected chi connectivity index (χ4v) is 4.27. The van der Waals surface area contributed by atoms with Crippen molar-refractivity contribution in [1.82, 2.24) is 19.9 Å². The summed E-state index contributed by atoms with van der Waals surface area (Å²) >= 11 is 6.06. The number of aromatic nitrogens is 4. The molecule has 0 bridgehead atoms. The molecule has 0 spiro atoms. The summed E-state index contributed by atoms with van der Waals surface area (Å²) in [6, 6.07) is 9.89. The van der Waals surface area contributed by atoms with Crippen molar-refractivity contribution < 1.29 is 14.3 Å². The second-order valence-electron chi connectivity index (χ2n) is 7.80. The Morgan fingerprint density at radius 2 is 2.06 bits per heavy atom. The minimum atomic E-state index is -0.774. The predicted octanol–water partition coefficient (Wildman–Crippen LogP) is 4.78. The van der Waals surface area contributed by atoms with E-state index in [1.807, 2.05) is 17.0 Å². The fourth-order valence-electron chi connectivity index (χ4n) is 4.09. The Kier molecular flexibility index (Phi) is 5.22. The zero-order valence-corrected chi connectivity index (χ0v) is 17.7. The molecule has 0 radical (unpaired) electrons. The van der Waals surface area contributed by atoms with Gasteiger partial charge in [-0.15, -0.1) is 0 Å². The zero-order valence-electron chi connectivity index (χ0n) is 16.9. The van der Waals surface area contributed by atoms with Gasteiger partial charge in [0.15, 0.2) is 0 Å². The van der Waals surface area contributed by atoms with Gasteiger partial charge in [-0.2, -0.15) is 0 Å². The molecule has 5 rings (SSSR count). The van der Waals surface area contributed by atoms with Gasteiger partial charge in [0.05, 0.1) is 46.6 Å². The summed E-state index contributed by atoms with van der Waals surface area (Å²) in [6.07, 6.45) is 4.73. The number of anilines is 1. The third kappa shape index (κ3) is 3.78. The van der Waals surface area contributed by atoms with Crippen molar-refractivity contribution in [1.29, 1.82) is 0 Å². The molecule has 4 heterocycles. The van der Waals surface area contributed by atoms with Crippen LogP contribution in [-0.4, -0.2) is 44.1 Å². The molecule has 32 heavy (non-hydrogen) atoms. The van der Waals surface area contributed by atoms with Crippen LogP contribution in [0.5, 0.6) is 0 Å². The summed E-state index contributed by atoms with van der Waals surface area (Å²) in [7, 11) is 0. The molecule has 2 N–H and O–H groups in total. The van der Waals surface area contributed by atoms with Gasteiger partial charge in [0.25, 0.3) is 0 Å². The molecule has 162 valence electrons. The van der Waals surface area contributed by atoms with Gasteiger partial charge in [0.1, 0.15) is 11.5 Å². The number of aliphatic carboxylic acids is 1. The molecule has 4 aromatic rings. The maximum atomic E-state index is 14.4. The molecule has 1 atom stereocenters. The first-order valence-corrected chi connectivity index (χ1v) is 10.6. The lowest BCUT2D eigenvalue weighted by atomic mass is 9.98. The first-order valence-electron chi connectivity index (χ1n) is 10.2. The molecular weight excluding hydrogens is 433 g/mol. The monoisotopic (exact) mass is 451 g/mol. The Hall–Kier alpha value is -3.52. The largest absolute Gasteiger partial charge is 0.481 e. The number of hydrogen-bond donors (Lipinski definition) is 2. The number of imidazole rings is 1. The van der Waals surface area contributed by atoms with E-state index in [2.05, 4.69) is 15.0 Å². The van der Waals surface area contributed by atoms with Gasteiger partial charge in [0, 0.05) is 23.7 Å². The normalized spacial score (nSPS) is 16.4. The van der Waals surface area contributed by atoms with Crippen LogP contribution in [0.25, 0.3) is 33.7 Å². The summed E-state index contributed by atoms with van der Waals surface area (Å²) in [5.74, 6) is -1.59. The highest BCUT2D eigenvalue weighted by molar-refractivity contribution is 6.30. The van der Waals surface area contributed by atoms with Gasteiger partial charge in [-0.3, -0.25) is 9.78 Å². The number of fused-ring (bicyclic) bond motifs is 1. The number of rotatable bonds is 4. The van der Waals surface area contributed by atoms with Gasteiger partial charge in [-0.1, -0.05) is 11.6 Å². The number of aromatic amines is 1. The minimum absolute atomic E-state index is 0.288. The molecule has 9 heteroatoms. The highest BCUT2D eigenvalue weighted by atomic mass is 35.5. The lowest BCUT2D eigenvalue weighted by Gasteiger charge is -2.32. The molecule has 1 aromatic carbocycles. The molecule has 3 aromatic heterocycles. The maximum Gasteiger partial charge on any atom is 0.308 e. The van der Waals surface area contributed by atoms with Gasteiger partial charge in [-0.25, -0.2) is 14.4 Å². The van der Waals surface area contributed by atoms with Crippen LogP contribution in [0.1, 0.15) is 12.8 Å². The molecule has 0 unspecified atom stereocenters. The Bertz CT molecular complexity index is 1320. The summed E-state index contributed by atoms with van der Waals surface area (Å²) in [4.78, 5) is 30.0. The zero-order chi connectivity index (χ0) is 22.2. The molecule has 0 aliphatic carbocycles. The predicted molar refractivity (Wildman–Crippen MR) is 120 cm³/mol. The highest BCUT2D eigenvalue weighted by Crippen LogP contribution is 2.33. The highest BCUT2D eigenvalue weighted by Gasteiger charge is 2.26. The number of benzene rings is 1. The molecule has 1 saturated heterocycles. The van der Waals surface area contributed by atoms with Crippen LogP contribution < -0.4 is 4.90 Å². The van der Waals surface area contributed by atoms with E-state index in [0.29, 0.717) is 46.1 Å². The first kappa shape index (κ1) is 20.4. The summed E-state index contributed by atoms with van der Waals surface area (Å²) in [6.45, 7) is 1.22. The molecular formula is C23H19ClFN5O2. The minimum Gasteiger partial charge on any atom is -0.481 e. The lowest BCUT2D eigenvalue weighted by Crippen LogP contribution is -2.38. The van der Waals surface area contributed by atoms with E-state index in [1.165, 1.54) is 24.5 Å². The average Bonchev–Trinajstić information content (AvgIpc) is 3.29. The quantitative estimate of drug-likeness (QED) is 0.463. The van der Waals surface area contributed by atoms with E-state index in [1.54, 1.807) is 12.3 Å². The molecule has 0 saturated carbocycles. The van der Waals surface area contributed by atoms with Crippen LogP contribution in [0, 0.1) is 11.7 Å². The fraction of sp³-hybridized carbons (Fsp3) is 0.217. The number of carbonyl (C=O) groups is 1. The van der Waals surface area contributed by atoms with Crippen molar-refractivity contribution in [2.45, 2.75) is 12.8 Å². The van der Waals surface area contributed by atoms with Crippen LogP contribution in [0.3, 0.4) is 0 Å². The Morgan fingerprint density at radius 1 is 1.19 bits per heavy atom. The van der Waals surface area contributed by atoms with Crippen LogP contribution in [0.4, 0.5) is 10.1 Å². The van der Waals surface area contributed by atoms with E-state index in [0.717, 1.165) is 18.7 Å². The molecule has 7 nitrogen and oxygen atoms in total. The summed E-state index contributed by atoms with van der Waals surface area (Å²) < 4.78 is 14.4. The third-order valence-corrected chi connectivity index (χ3v) is 5.97. The second kappa shape index (κ2) is 8.20.